The summed E-state index contributed by atoms with van der Waals surface area (Å²) in [5.74, 6) is -0.449. The summed E-state index contributed by atoms with van der Waals surface area (Å²) in [5, 5.41) is 7.60. The molecule has 2 N–H and O–H groups in total. The fourth-order valence-electron chi connectivity index (χ4n) is 0.911. The lowest BCUT2D eigenvalue weighted by Crippen LogP contribution is -2.38. The van der Waals surface area contributed by atoms with Crippen LogP contribution in [0.3, 0.4) is 0 Å². The number of carbonyl (C=O) groups is 1. The van der Waals surface area contributed by atoms with Crippen molar-refractivity contribution in [3.05, 3.63) is 11.3 Å². The van der Waals surface area contributed by atoms with Gasteiger partial charge in [0.15, 0.2) is 5.54 Å². The number of carbonyl (C=O) groups excluding carboxylic acids is 1. The number of hydrogen-bond acceptors (Lipinski definition) is 3. The zero-order chi connectivity index (χ0) is 8.65. The molecule has 0 radical (unpaired) electrons. The minimum absolute atomic E-state index is 0.449. The molecule has 0 fully saturated rings. The molecule has 0 aromatic heterocycles. The number of nitrogens with two attached hydrogens (primary N) is 1. The zero-order valence-electron chi connectivity index (χ0n) is 6.88. The van der Waals surface area contributed by atoms with Crippen LogP contribution in [0.15, 0.2) is 21.5 Å². The molecule has 1 aliphatic heterocycles. The third kappa shape index (κ3) is 0.943. The van der Waals surface area contributed by atoms with Crippen LogP contribution in [-0.4, -0.2) is 11.4 Å². The Morgan fingerprint density at radius 1 is 1.55 bits per heavy atom. The van der Waals surface area contributed by atoms with Crippen LogP contribution in [0.5, 0.6) is 0 Å². The summed E-state index contributed by atoms with van der Waals surface area (Å²) in [6.45, 7) is 5.30. The van der Waals surface area contributed by atoms with Gasteiger partial charge in [-0.1, -0.05) is 0 Å². The van der Waals surface area contributed by atoms with Crippen molar-refractivity contribution in [1.82, 2.24) is 0 Å². The first-order valence-corrected chi connectivity index (χ1v) is 3.39. The van der Waals surface area contributed by atoms with Crippen molar-refractivity contribution in [2.75, 3.05) is 0 Å². The van der Waals surface area contributed by atoms with Gasteiger partial charge < -0.3 is 5.73 Å². The number of allylic oxidation sites excluding steroid dienone is 1. The van der Waals surface area contributed by atoms with Gasteiger partial charge in [-0.2, -0.15) is 10.2 Å². The van der Waals surface area contributed by atoms with Gasteiger partial charge in [0, 0.05) is 0 Å². The van der Waals surface area contributed by atoms with Crippen LogP contribution < -0.4 is 5.73 Å². The molecular weight excluding hydrogens is 142 g/mol. The summed E-state index contributed by atoms with van der Waals surface area (Å²) >= 11 is 0. The molecular formula is C7H11N3O. The van der Waals surface area contributed by atoms with Crippen molar-refractivity contribution >= 4 is 5.91 Å². The van der Waals surface area contributed by atoms with Gasteiger partial charge in [-0.25, -0.2) is 0 Å². The number of nitrogens with zero attached hydrogens (tertiary/aromatic N) is 2. The van der Waals surface area contributed by atoms with Crippen LogP contribution in [0.4, 0.5) is 0 Å². The molecule has 1 aliphatic rings. The maximum Gasteiger partial charge on any atom is 0.251 e. The molecule has 1 atom stereocenters. The summed E-state index contributed by atoms with van der Waals surface area (Å²) in [6.07, 6.45) is 0. The minimum Gasteiger partial charge on any atom is -0.367 e. The van der Waals surface area contributed by atoms with Gasteiger partial charge in [-0.3, -0.25) is 4.79 Å². The molecule has 1 heterocycles. The molecule has 0 saturated heterocycles. The Kier molecular flexibility index (Phi) is 1.55. The number of primary amides is 1. The van der Waals surface area contributed by atoms with Gasteiger partial charge in [-0.05, 0) is 26.3 Å². The molecule has 4 nitrogen and oxygen atoms in total. The first-order chi connectivity index (χ1) is 4.98. The van der Waals surface area contributed by atoms with E-state index in [1.807, 2.05) is 13.8 Å². The number of azo groups is 1. The standard InChI is InChI=1S/C7H11N3O/c1-4-5(2)9-10-7(4,3)6(8)11/h1-3H3,(H2,8,11). The Labute approximate surface area is 65.2 Å². The summed E-state index contributed by atoms with van der Waals surface area (Å²) in [6, 6.07) is 0. The quantitative estimate of drug-likeness (QED) is 0.599. The molecule has 1 amide bonds. The summed E-state index contributed by atoms with van der Waals surface area (Å²) in [5.41, 5.74) is 5.88. The first-order valence-electron chi connectivity index (χ1n) is 3.39. The van der Waals surface area contributed by atoms with E-state index in [0.29, 0.717) is 0 Å². The average Bonchev–Trinajstić information content (AvgIpc) is 2.18. The zero-order valence-corrected chi connectivity index (χ0v) is 6.88. The van der Waals surface area contributed by atoms with Crippen molar-refractivity contribution in [3.63, 3.8) is 0 Å². The van der Waals surface area contributed by atoms with E-state index in [1.165, 1.54) is 0 Å². The fourth-order valence-corrected chi connectivity index (χ4v) is 0.911. The van der Waals surface area contributed by atoms with Crippen molar-refractivity contribution in [2.24, 2.45) is 16.0 Å². The van der Waals surface area contributed by atoms with Crippen LogP contribution in [0.25, 0.3) is 0 Å². The Balaban J connectivity index is 3.12. The molecule has 0 aromatic carbocycles. The van der Waals surface area contributed by atoms with Crippen molar-refractivity contribution in [2.45, 2.75) is 26.3 Å². The highest BCUT2D eigenvalue weighted by Gasteiger charge is 2.37. The fraction of sp³-hybridized carbons (Fsp3) is 0.571. The van der Waals surface area contributed by atoms with Crippen LogP contribution in [-0.2, 0) is 4.79 Å². The van der Waals surface area contributed by atoms with Gasteiger partial charge in [0.1, 0.15) is 0 Å². The smallest absolute Gasteiger partial charge is 0.251 e. The monoisotopic (exact) mass is 153 g/mol. The molecule has 11 heavy (non-hydrogen) atoms. The predicted molar refractivity (Wildman–Crippen MR) is 40.8 cm³/mol. The van der Waals surface area contributed by atoms with E-state index >= 15 is 0 Å². The van der Waals surface area contributed by atoms with Crippen molar-refractivity contribution in [3.8, 4) is 0 Å². The van der Waals surface area contributed by atoms with Crippen LogP contribution >= 0.6 is 0 Å². The molecule has 0 spiro atoms. The maximum atomic E-state index is 10.9. The summed E-state index contributed by atoms with van der Waals surface area (Å²) in [7, 11) is 0. The molecule has 1 unspecified atom stereocenters. The van der Waals surface area contributed by atoms with Gasteiger partial charge in [0.25, 0.3) is 5.91 Å². The highest BCUT2D eigenvalue weighted by molar-refractivity contribution is 5.88. The Bertz CT molecular complexity index is 267. The van der Waals surface area contributed by atoms with E-state index in [1.54, 1.807) is 6.92 Å². The van der Waals surface area contributed by atoms with Crippen LogP contribution in [0.1, 0.15) is 20.8 Å². The van der Waals surface area contributed by atoms with Crippen LogP contribution in [0.2, 0.25) is 0 Å². The highest BCUT2D eigenvalue weighted by atomic mass is 16.1. The van der Waals surface area contributed by atoms with E-state index in [2.05, 4.69) is 10.2 Å². The topological polar surface area (TPSA) is 67.8 Å². The summed E-state index contributed by atoms with van der Waals surface area (Å²) < 4.78 is 0. The largest absolute Gasteiger partial charge is 0.367 e. The average molecular weight is 153 g/mol. The van der Waals surface area contributed by atoms with Gasteiger partial charge in [-0.15, -0.1) is 0 Å². The highest BCUT2D eigenvalue weighted by Crippen LogP contribution is 2.30. The Morgan fingerprint density at radius 2 is 2.09 bits per heavy atom. The minimum atomic E-state index is -0.899. The number of rotatable bonds is 1. The Hall–Kier alpha value is -1.19. The number of amides is 1. The normalized spacial score (nSPS) is 29.7. The third-order valence-electron chi connectivity index (χ3n) is 2.15. The van der Waals surface area contributed by atoms with Gasteiger partial charge in [0.05, 0.1) is 5.70 Å². The van der Waals surface area contributed by atoms with E-state index in [9.17, 15) is 4.79 Å². The molecule has 1 rings (SSSR count). The lowest BCUT2D eigenvalue weighted by molar-refractivity contribution is -0.121. The molecule has 60 valence electrons. The van der Waals surface area contributed by atoms with Crippen molar-refractivity contribution < 1.29 is 4.79 Å². The number of hydrogen-bond donors (Lipinski definition) is 1. The molecule has 4 heteroatoms. The lowest BCUT2D eigenvalue weighted by Gasteiger charge is -2.15. The molecule has 0 saturated carbocycles. The maximum absolute atomic E-state index is 10.9. The molecule has 0 aliphatic carbocycles. The molecule has 0 bridgehead atoms. The van der Waals surface area contributed by atoms with Gasteiger partial charge in [0.2, 0.25) is 0 Å². The van der Waals surface area contributed by atoms with E-state index in [4.69, 9.17) is 5.73 Å². The Morgan fingerprint density at radius 3 is 2.27 bits per heavy atom. The van der Waals surface area contributed by atoms with Gasteiger partial charge >= 0.3 is 0 Å². The lowest BCUT2D eigenvalue weighted by atomic mass is 9.93. The summed E-state index contributed by atoms with van der Waals surface area (Å²) in [4.78, 5) is 10.9. The first kappa shape index (κ1) is 7.91. The predicted octanol–water partition coefficient (Wildman–Crippen LogP) is 0.990. The van der Waals surface area contributed by atoms with Crippen molar-refractivity contribution in [1.29, 1.82) is 0 Å². The van der Waals surface area contributed by atoms with E-state index in [0.717, 1.165) is 11.3 Å². The van der Waals surface area contributed by atoms with E-state index in [-0.39, 0.29) is 0 Å². The second-order valence-corrected chi connectivity index (χ2v) is 2.85. The SMILES string of the molecule is CC1=C(C)C(C)(C(N)=O)N=N1. The second-order valence-electron chi connectivity index (χ2n) is 2.85. The second kappa shape index (κ2) is 2.15. The third-order valence-corrected chi connectivity index (χ3v) is 2.15. The van der Waals surface area contributed by atoms with E-state index < -0.39 is 11.4 Å². The van der Waals surface area contributed by atoms with Crippen LogP contribution in [0, 0.1) is 0 Å². The molecule has 0 aromatic rings.